The van der Waals surface area contributed by atoms with Crippen molar-refractivity contribution in [3.8, 4) is 5.75 Å². The summed E-state index contributed by atoms with van der Waals surface area (Å²) in [5, 5.41) is 0.347. The summed E-state index contributed by atoms with van der Waals surface area (Å²) in [6.07, 6.45) is 2.14. The van der Waals surface area contributed by atoms with Gasteiger partial charge in [-0.25, -0.2) is 0 Å². The summed E-state index contributed by atoms with van der Waals surface area (Å²) in [6, 6.07) is 3.11. The molecule has 0 saturated carbocycles. The van der Waals surface area contributed by atoms with Gasteiger partial charge in [0.15, 0.2) is 0 Å². The predicted octanol–water partition coefficient (Wildman–Crippen LogP) is 2.60. The molecule has 1 saturated heterocycles. The van der Waals surface area contributed by atoms with Crippen LogP contribution < -0.4 is 10.5 Å². The second-order valence-corrected chi connectivity index (χ2v) is 5.30. The Morgan fingerprint density at radius 3 is 2.86 bits per heavy atom. The molecule has 2 N–H and O–H groups in total. The maximum Gasteiger partial charge on any atom is 0.257 e. The average molecular weight is 335 g/mol. The lowest BCUT2D eigenvalue weighted by atomic mass is 10.1. The zero-order valence-electron chi connectivity index (χ0n) is 12.1. The largest absolute Gasteiger partial charge is 0.496 e. The van der Waals surface area contributed by atoms with Gasteiger partial charge in [0.05, 0.1) is 29.5 Å². The van der Waals surface area contributed by atoms with Gasteiger partial charge in [0, 0.05) is 26.3 Å². The molecule has 1 fully saturated rings. The summed E-state index contributed by atoms with van der Waals surface area (Å²) in [4.78, 5) is 14.1. The van der Waals surface area contributed by atoms with Crippen LogP contribution in [0.3, 0.4) is 0 Å². The third kappa shape index (κ3) is 4.15. The van der Waals surface area contributed by atoms with Crippen LogP contribution in [0.25, 0.3) is 0 Å². The number of carbonyl (C=O) groups is 1. The van der Waals surface area contributed by atoms with E-state index in [1.165, 1.54) is 7.11 Å². The Kier molecular flexibility index (Phi) is 6.58. The van der Waals surface area contributed by atoms with Gasteiger partial charge in [-0.2, -0.15) is 0 Å². The van der Waals surface area contributed by atoms with Gasteiger partial charge in [0.25, 0.3) is 5.91 Å². The molecule has 5 nitrogen and oxygen atoms in total. The number of rotatable bonds is 4. The van der Waals surface area contributed by atoms with Crippen LogP contribution in [0.2, 0.25) is 5.02 Å². The fraction of sp³-hybridized carbons (Fsp3) is 0.500. The first kappa shape index (κ1) is 17.9. The molecule has 118 valence electrons. The summed E-state index contributed by atoms with van der Waals surface area (Å²) in [7, 11) is 3.24. The predicted molar refractivity (Wildman–Crippen MR) is 85.6 cm³/mol. The van der Waals surface area contributed by atoms with E-state index in [9.17, 15) is 4.79 Å². The van der Waals surface area contributed by atoms with Crippen molar-refractivity contribution in [3.05, 3.63) is 22.7 Å². The van der Waals surface area contributed by atoms with Crippen molar-refractivity contribution in [2.24, 2.45) is 0 Å². The van der Waals surface area contributed by atoms with Gasteiger partial charge in [-0.1, -0.05) is 11.6 Å². The fourth-order valence-electron chi connectivity index (χ4n) is 2.29. The molecular weight excluding hydrogens is 315 g/mol. The number of likely N-dealkylation sites (N-methyl/N-ethyl adjacent to an activating group) is 1. The van der Waals surface area contributed by atoms with E-state index in [0.717, 1.165) is 19.4 Å². The lowest BCUT2D eigenvalue weighted by Gasteiger charge is -2.22. The first-order chi connectivity index (χ1) is 9.52. The van der Waals surface area contributed by atoms with Gasteiger partial charge in [-0.3, -0.25) is 4.79 Å². The molecule has 1 aliphatic rings. The molecule has 1 amide bonds. The Balaban J connectivity index is 0.00000220. The minimum Gasteiger partial charge on any atom is -0.496 e. The highest BCUT2D eigenvalue weighted by atomic mass is 35.5. The number of carbonyl (C=O) groups excluding carboxylic acids is 1. The van der Waals surface area contributed by atoms with Crippen molar-refractivity contribution < 1.29 is 14.3 Å². The van der Waals surface area contributed by atoms with Crippen LogP contribution in [0, 0.1) is 0 Å². The van der Waals surface area contributed by atoms with E-state index < -0.39 is 0 Å². The van der Waals surface area contributed by atoms with E-state index in [1.54, 1.807) is 24.1 Å². The highest BCUT2D eigenvalue weighted by molar-refractivity contribution is 6.33. The number of ether oxygens (including phenoxy) is 2. The quantitative estimate of drug-likeness (QED) is 0.859. The number of nitrogens with zero attached hydrogens (tertiary/aromatic N) is 1. The second-order valence-electron chi connectivity index (χ2n) is 4.89. The molecule has 0 spiro atoms. The van der Waals surface area contributed by atoms with Crippen molar-refractivity contribution in [2.45, 2.75) is 18.9 Å². The van der Waals surface area contributed by atoms with E-state index in [4.69, 9.17) is 26.8 Å². The molecular formula is C14H20Cl2N2O3. The number of nitrogens with two attached hydrogens (primary N) is 1. The minimum atomic E-state index is -0.153. The topological polar surface area (TPSA) is 64.8 Å². The normalized spacial score (nSPS) is 17.2. The van der Waals surface area contributed by atoms with Crippen molar-refractivity contribution >= 4 is 35.6 Å². The van der Waals surface area contributed by atoms with Crippen LogP contribution in [0.1, 0.15) is 23.2 Å². The molecule has 1 aliphatic heterocycles. The molecule has 0 radical (unpaired) electrons. The molecule has 0 aliphatic carbocycles. The second kappa shape index (κ2) is 7.73. The molecule has 1 unspecified atom stereocenters. The van der Waals surface area contributed by atoms with E-state index >= 15 is 0 Å². The molecule has 1 atom stereocenters. The van der Waals surface area contributed by atoms with Crippen molar-refractivity contribution in [3.63, 3.8) is 0 Å². The Hall–Kier alpha value is -1.17. The van der Waals surface area contributed by atoms with E-state index in [1.807, 2.05) is 0 Å². The number of amides is 1. The van der Waals surface area contributed by atoms with Crippen LogP contribution in [0.5, 0.6) is 5.75 Å². The summed E-state index contributed by atoms with van der Waals surface area (Å²) >= 11 is 5.99. The molecule has 1 aromatic rings. The SMILES string of the molecule is COc1cc(N)c(Cl)cc1C(=O)N(C)CC1CCCO1.Cl. The van der Waals surface area contributed by atoms with E-state index in [-0.39, 0.29) is 24.4 Å². The third-order valence-electron chi connectivity index (χ3n) is 3.40. The van der Waals surface area contributed by atoms with Gasteiger partial charge in [0.1, 0.15) is 5.75 Å². The van der Waals surface area contributed by atoms with Gasteiger partial charge in [-0.05, 0) is 18.9 Å². The Morgan fingerprint density at radius 1 is 1.57 bits per heavy atom. The highest BCUT2D eigenvalue weighted by Gasteiger charge is 2.23. The van der Waals surface area contributed by atoms with Crippen molar-refractivity contribution in [2.75, 3.05) is 33.0 Å². The molecule has 1 aromatic carbocycles. The third-order valence-corrected chi connectivity index (χ3v) is 3.72. The highest BCUT2D eigenvalue weighted by Crippen LogP contribution is 2.29. The molecule has 2 rings (SSSR count). The van der Waals surface area contributed by atoms with Crippen LogP contribution in [-0.4, -0.2) is 44.2 Å². The number of hydrogen-bond donors (Lipinski definition) is 1. The van der Waals surface area contributed by atoms with Crippen LogP contribution in [0.15, 0.2) is 12.1 Å². The number of methoxy groups -OCH3 is 1. The zero-order valence-corrected chi connectivity index (χ0v) is 13.7. The van der Waals surface area contributed by atoms with E-state index in [0.29, 0.717) is 28.6 Å². The lowest BCUT2D eigenvalue weighted by Crippen LogP contribution is -2.34. The van der Waals surface area contributed by atoms with Crippen molar-refractivity contribution in [1.82, 2.24) is 4.90 Å². The summed E-state index contributed by atoms with van der Waals surface area (Å²) in [5.41, 5.74) is 6.52. The minimum absolute atomic E-state index is 0. The molecule has 0 bridgehead atoms. The fourth-order valence-corrected chi connectivity index (χ4v) is 2.45. The number of nitrogen functional groups attached to an aromatic ring is 1. The van der Waals surface area contributed by atoms with Crippen LogP contribution in [0.4, 0.5) is 5.69 Å². The maximum absolute atomic E-state index is 12.5. The van der Waals surface area contributed by atoms with Gasteiger partial charge >= 0.3 is 0 Å². The first-order valence-electron chi connectivity index (χ1n) is 6.53. The smallest absolute Gasteiger partial charge is 0.257 e. The molecule has 0 aromatic heterocycles. The Morgan fingerprint density at radius 2 is 2.29 bits per heavy atom. The van der Waals surface area contributed by atoms with Gasteiger partial charge in [-0.15, -0.1) is 12.4 Å². The number of halogens is 2. The number of anilines is 1. The number of benzene rings is 1. The molecule has 21 heavy (non-hydrogen) atoms. The zero-order chi connectivity index (χ0) is 14.7. The number of hydrogen-bond acceptors (Lipinski definition) is 4. The lowest BCUT2D eigenvalue weighted by molar-refractivity contribution is 0.0584. The van der Waals surface area contributed by atoms with Crippen molar-refractivity contribution in [1.29, 1.82) is 0 Å². The summed E-state index contributed by atoms with van der Waals surface area (Å²) in [5.74, 6) is 0.273. The van der Waals surface area contributed by atoms with Crippen LogP contribution >= 0.6 is 24.0 Å². The molecule has 7 heteroatoms. The van der Waals surface area contributed by atoms with Crippen LogP contribution in [-0.2, 0) is 4.74 Å². The Labute approximate surface area is 135 Å². The summed E-state index contributed by atoms with van der Waals surface area (Å²) in [6.45, 7) is 1.33. The maximum atomic E-state index is 12.5. The van der Waals surface area contributed by atoms with E-state index in [2.05, 4.69) is 0 Å². The van der Waals surface area contributed by atoms with Gasteiger partial charge < -0.3 is 20.1 Å². The summed E-state index contributed by atoms with van der Waals surface area (Å²) < 4.78 is 10.7. The monoisotopic (exact) mass is 334 g/mol. The average Bonchev–Trinajstić information content (AvgIpc) is 2.93. The first-order valence-corrected chi connectivity index (χ1v) is 6.90. The molecule has 1 heterocycles. The van der Waals surface area contributed by atoms with Gasteiger partial charge in [0.2, 0.25) is 0 Å². The standard InChI is InChI=1S/C14H19ClN2O3.ClH/c1-17(8-9-4-3-5-20-9)14(18)10-6-11(15)12(16)7-13(10)19-2;/h6-7,9H,3-5,8,16H2,1-2H3;1H. The Bertz CT molecular complexity index is 505.